The van der Waals surface area contributed by atoms with Crippen molar-refractivity contribution in [1.82, 2.24) is 4.90 Å². The van der Waals surface area contributed by atoms with Gasteiger partial charge in [0, 0.05) is 19.1 Å². The van der Waals surface area contributed by atoms with E-state index in [0.29, 0.717) is 6.04 Å². The molecule has 0 aliphatic carbocycles. The Kier molecular flexibility index (Phi) is 4.02. The predicted octanol–water partition coefficient (Wildman–Crippen LogP) is 2.54. The molecule has 1 aromatic rings. The second-order valence-electron chi connectivity index (χ2n) is 5.51. The number of carboxylic acids is 1. The van der Waals surface area contributed by atoms with Gasteiger partial charge in [-0.2, -0.15) is 0 Å². The first-order valence-corrected chi connectivity index (χ1v) is 6.58. The fourth-order valence-electron chi connectivity index (χ4n) is 2.78. The molecule has 2 rings (SSSR count). The van der Waals surface area contributed by atoms with Gasteiger partial charge < -0.3 is 5.11 Å². The Bertz CT molecular complexity index is 413. The summed E-state index contributed by atoms with van der Waals surface area (Å²) in [7, 11) is 0. The highest BCUT2D eigenvalue weighted by Gasteiger charge is 2.25. The molecule has 2 unspecified atom stereocenters. The molecule has 1 aliphatic rings. The van der Waals surface area contributed by atoms with E-state index in [2.05, 4.69) is 18.7 Å². The van der Waals surface area contributed by atoms with Crippen molar-refractivity contribution in [3.63, 3.8) is 0 Å². The van der Waals surface area contributed by atoms with Crippen LogP contribution in [0.2, 0.25) is 0 Å². The Balaban J connectivity index is 1.96. The maximum Gasteiger partial charge on any atom is 0.307 e. The molecule has 3 heteroatoms. The summed E-state index contributed by atoms with van der Waals surface area (Å²) in [6.45, 7) is 6.71. The number of rotatable bonds is 4. The molecule has 0 spiro atoms. The summed E-state index contributed by atoms with van der Waals surface area (Å²) in [5.74, 6) is 0.0102. The van der Waals surface area contributed by atoms with Gasteiger partial charge in [0.15, 0.2) is 0 Å². The van der Waals surface area contributed by atoms with Crippen molar-refractivity contribution >= 4 is 5.97 Å². The zero-order valence-corrected chi connectivity index (χ0v) is 11.1. The molecule has 1 heterocycles. The summed E-state index contributed by atoms with van der Waals surface area (Å²) >= 11 is 0. The van der Waals surface area contributed by atoms with E-state index in [1.807, 2.05) is 24.3 Å². The highest BCUT2D eigenvalue weighted by Crippen LogP contribution is 2.24. The van der Waals surface area contributed by atoms with Crippen LogP contribution < -0.4 is 0 Å². The van der Waals surface area contributed by atoms with E-state index >= 15 is 0 Å². The zero-order chi connectivity index (χ0) is 13.1. The summed E-state index contributed by atoms with van der Waals surface area (Å²) in [5.41, 5.74) is 2.14. The van der Waals surface area contributed by atoms with Crippen LogP contribution in [0.4, 0.5) is 0 Å². The molecular formula is C15H21NO2. The average Bonchev–Trinajstić information content (AvgIpc) is 2.59. The second kappa shape index (κ2) is 5.53. The van der Waals surface area contributed by atoms with Gasteiger partial charge in [-0.15, -0.1) is 0 Å². The van der Waals surface area contributed by atoms with Gasteiger partial charge in [0.1, 0.15) is 0 Å². The summed E-state index contributed by atoms with van der Waals surface area (Å²) < 4.78 is 0. The molecule has 0 saturated carbocycles. The van der Waals surface area contributed by atoms with Crippen molar-refractivity contribution in [2.75, 3.05) is 6.54 Å². The van der Waals surface area contributed by atoms with Crippen LogP contribution in [0.3, 0.4) is 0 Å². The fourth-order valence-corrected chi connectivity index (χ4v) is 2.78. The molecule has 3 nitrogen and oxygen atoms in total. The molecule has 1 aliphatic heterocycles. The van der Waals surface area contributed by atoms with Crippen LogP contribution >= 0.6 is 0 Å². The SMILES string of the molecule is CC1CC(C)N(Cc2ccc(CC(=O)O)cc2)C1. The van der Waals surface area contributed by atoms with Gasteiger partial charge in [-0.1, -0.05) is 31.2 Å². The Morgan fingerprint density at radius 3 is 2.39 bits per heavy atom. The van der Waals surface area contributed by atoms with Crippen LogP contribution in [-0.2, 0) is 17.8 Å². The molecule has 0 aromatic heterocycles. The number of hydrogen-bond acceptors (Lipinski definition) is 2. The van der Waals surface area contributed by atoms with Crippen molar-refractivity contribution in [2.45, 2.75) is 39.3 Å². The zero-order valence-electron chi connectivity index (χ0n) is 11.1. The lowest BCUT2D eigenvalue weighted by atomic mass is 10.1. The number of carbonyl (C=O) groups is 1. The minimum Gasteiger partial charge on any atom is -0.481 e. The molecule has 1 aromatic carbocycles. The minimum absolute atomic E-state index is 0.109. The summed E-state index contributed by atoms with van der Waals surface area (Å²) in [6.07, 6.45) is 1.38. The van der Waals surface area contributed by atoms with Gasteiger partial charge in [-0.25, -0.2) is 0 Å². The minimum atomic E-state index is -0.773. The first kappa shape index (κ1) is 13.1. The van der Waals surface area contributed by atoms with Gasteiger partial charge >= 0.3 is 5.97 Å². The molecule has 2 atom stereocenters. The van der Waals surface area contributed by atoms with Crippen LogP contribution in [0.5, 0.6) is 0 Å². The number of aliphatic carboxylic acids is 1. The summed E-state index contributed by atoms with van der Waals surface area (Å²) in [4.78, 5) is 13.1. The summed E-state index contributed by atoms with van der Waals surface area (Å²) in [5, 5.41) is 8.72. The van der Waals surface area contributed by atoms with E-state index < -0.39 is 5.97 Å². The molecule has 0 amide bonds. The highest BCUT2D eigenvalue weighted by molar-refractivity contribution is 5.70. The van der Waals surface area contributed by atoms with Crippen LogP contribution in [-0.4, -0.2) is 28.6 Å². The second-order valence-corrected chi connectivity index (χ2v) is 5.51. The Morgan fingerprint density at radius 1 is 1.28 bits per heavy atom. The van der Waals surface area contributed by atoms with Gasteiger partial charge in [0.25, 0.3) is 0 Å². The molecule has 0 radical (unpaired) electrons. The lowest BCUT2D eigenvalue weighted by molar-refractivity contribution is -0.136. The third kappa shape index (κ3) is 3.33. The number of carboxylic acid groups (broad SMARTS) is 1. The first-order chi connectivity index (χ1) is 8.54. The number of likely N-dealkylation sites (tertiary alicyclic amines) is 1. The normalized spacial score (nSPS) is 24.3. The third-order valence-corrected chi connectivity index (χ3v) is 3.68. The topological polar surface area (TPSA) is 40.5 Å². The van der Waals surface area contributed by atoms with E-state index in [9.17, 15) is 4.79 Å². The van der Waals surface area contributed by atoms with E-state index in [1.165, 1.54) is 12.0 Å². The molecule has 0 bridgehead atoms. The van der Waals surface area contributed by atoms with E-state index in [1.54, 1.807) is 0 Å². The Morgan fingerprint density at radius 2 is 1.89 bits per heavy atom. The van der Waals surface area contributed by atoms with Crippen molar-refractivity contribution in [3.05, 3.63) is 35.4 Å². The monoisotopic (exact) mass is 247 g/mol. The lowest BCUT2D eigenvalue weighted by Gasteiger charge is -2.21. The fraction of sp³-hybridized carbons (Fsp3) is 0.533. The van der Waals surface area contributed by atoms with E-state index in [4.69, 9.17) is 5.11 Å². The maximum absolute atomic E-state index is 10.6. The van der Waals surface area contributed by atoms with Crippen LogP contribution in [0, 0.1) is 5.92 Å². The maximum atomic E-state index is 10.6. The lowest BCUT2D eigenvalue weighted by Crippen LogP contribution is -2.26. The molecule has 98 valence electrons. The van der Waals surface area contributed by atoms with Crippen LogP contribution in [0.1, 0.15) is 31.4 Å². The van der Waals surface area contributed by atoms with Crippen molar-refractivity contribution in [2.24, 2.45) is 5.92 Å². The van der Waals surface area contributed by atoms with Crippen molar-refractivity contribution in [1.29, 1.82) is 0 Å². The van der Waals surface area contributed by atoms with E-state index in [-0.39, 0.29) is 6.42 Å². The van der Waals surface area contributed by atoms with Gasteiger partial charge in [-0.3, -0.25) is 9.69 Å². The Labute approximate surface area is 108 Å². The van der Waals surface area contributed by atoms with Gasteiger partial charge in [0.05, 0.1) is 6.42 Å². The molecule has 1 N–H and O–H groups in total. The van der Waals surface area contributed by atoms with Gasteiger partial charge in [-0.05, 0) is 30.4 Å². The van der Waals surface area contributed by atoms with Crippen molar-refractivity contribution in [3.8, 4) is 0 Å². The van der Waals surface area contributed by atoms with Gasteiger partial charge in [0.2, 0.25) is 0 Å². The molecular weight excluding hydrogens is 226 g/mol. The highest BCUT2D eigenvalue weighted by atomic mass is 16.4. The average molecular weight is 247 g/mol. The Hall–Kier alpha value is -1.35. The largest absolute Gasteiger partial charge is 0.481 e. The summed E-state index contributed by atoms with van der Waals surface area (Å²) in [6, 6.07) is 8.60. The van der Waals surface area contributed by atoms with Crippen molar-refractivity contribution < 1.29 is 9.90 Å². The molecule has 18 heavy (non-hydrogen) atoms. The standard InChI is InChI=1S/C15H21NO2/c1-11-7-12(2)16(9-11)10-14-5-3-13(4-6-14)8-15(17)18/h3-6,11-12H,7-10H2,1-2H3,(H,17,18). The third-order valence-electron chi connectivity index (χ3n) is 3.68. The van der Waals surface area contributed by atoms with E-state index in [0.717, 1.165) is 24.6 Å². The van der Waals surface area contributed by atoms with Crippen LogP contribution in [0.15, 0.2) is 24.3 Å². The molecule has 1 fully saturated rings. The number of nitrogens with zero attached hydrogens (tertiary/aromatic N) is 1. The first-order valence-electron chi connectivity index (χ1n) is 6.58. The molecule has 1 saturated heterocycles. The smallest absolute Gasteiger partial charge is 0.307 e. The van der Waals surface area contributed by atoms with Crippen LogP contribution in [0.25, 0.3) is 0 Å². The quantitative estimate of drug-likeness (QED) is 0.889. The number of benzene rings is 1. The predicted molar refractivity (Wildman–Crippen MR) is 71.4 cm³/mol. The number of hydrogen-bond donors (Lipinski definition) is 1.